The van der Waals surface area contributed by atoms with Crippen LogP contribution in [-0.4, -0.2) is 11.9 Å². The number of carbonyl (C=O) groups excluding carboxylic acids is 1. The van der Waals surface area contributed by atoms with Gasteiger partial charge in [0.05, 0.1) is 0 Å². The van der Waals surface area contributed by atoms with Crippen LogP contribution in [0.15, 0.2) is 43.0 Å². The zero-order valence-electron chi connectivity index (χ0n) is 9.23. The van der Waals surface area contributed by atoms with Gasteiger partial charge in [0.15, 0.2) is 0 Å². The highest BCUT2D eigenvalue weighted by atomic mass is 16.1. The highest BCUT2D eigenvalue weighted by molar-refractivity contribution is 5.94. The second-order valence-electron chi connectivity index (χ2n) is 3.84. The van der Waals surface area contributed by atoms with Crippen molar-refractivity contribution < 1.29 is 4.79 Å². The fourth-order valence-corrected chi connectivity index (χ4v) is 1.32. The number of carbonyl (C=O) groups is 1. The summed E-state index contributed by atoms with van der Waals surface area (Å²) >= 11 is 0. The van der Waals surface area contributed by atoms with Crippen LogP contribution in [0.3, 0.4) is 0 Å². The van der Waals surface area contributed by atoms with E-state index in [4.69, 9.17) is 0 Å². The number of benzene rings is 1. The second-order valence-corrected chi connectivity index (χ2v) is 3.84. The predicted molar refractivity (Wildman–Crippen MR) is 62.7 cm³/mol. The second kappa shape index (κ2) is 5.35. The van der Waals surface area contributed by atoms with Crippen LogP contribution in [0.5, 0.6) is 0 Å². The van der Waals surface area contributed by atoms with Gasteiger partial charge < -0.3 is 5.32 Å². The lowest BCUT2D eigenvalue weighted by Crippen LogP contribution is -2.36. The van der Waals surface area contributed by atoms with Gasteiger partial charge in [-0.2, -0.15) is 0 Å². The quantitative estimate of drug-likeness (QED) is 0.749. The maximum Gasteiger partial charge on any atom is 0.251 e. The van der Waals surface area contributed by atoms with Gasteiger partial charge in [0.25, 0.3) is 5.91 Å². The predicted octanol–water partition coefficient (Wildman–Crippen LogP) is 2.63. The van der Waals surface area contributed by atoms with Gasteiger partial charge in [0.1, 0.15) is 0 Å². The van der Waals surface area contributed by atoms with Crippen LogP contribution in [0.4, 0.5) is 0 Å². The molecule has 0 aliphatic heterocycles. The van der Waals surface area contributed by atoms with Gasteiger partial charge in [0, 0.05) is 11.6 Å². The smallest absolute Gasteiger partial charge is 0.251 e. The highest BCUT2D eigenvalue weighted by Crippen LogP contribution is 2.05. The molecule has 0 aliphatic rings. The molecule has 0 radical (unpaired) electrons. The van der Waals surface area contributed by atoms with Gasteiger partial charge in [-0.05, 0) is 18.1 Å². The van der Waals surface area contributed by atoms with E-state index >= 15 is 0 Å². The number of nitrogens with one attached hydrogen (secondary N) is 1. The lowest BCUT2D eigenvalue weighted by Gasteiger charge is -2.18. The van der Waals surface area contributed by atoms with Gasteiger partial charge in [0.2, 0.25) is 0 Å². The molecule has 0 aromatic heterocycles. The molecule has 0 aliphatic carbocycles. The summed E-state index contributed by atoms with van der Waals surface area (Å²) in [5.74, 6) is 0.310. The minimum Gasteiger partial charge on any atom is -0.346 e. The van der Waals surface area contributed by atoms with E-state index in [2.05, 4.69) is 25.7 Å². The minimum atomic E-state index is -0.0470. The standard InChI is InChI=1S/C13H17NO/c1-4-12(10(2)3)14-13(15)11-8-6-5-7-9-11/h4-10,12H,1H2,2-3H3,(H,14,15)/t12-/m1/s1. The maximum atomic E-state index is 11.8. The molecule has 0 saturated carbocycles. The summed E-state index contributed by atoms with van der Waals surface area (Å²) in [5.41, 5.74) is 0.685. The Balaban J connectivity index is 2.67. The van der Waals surface area contributed by atoms with Gasteiger partial charge in [-0.25, -0.2) is 0 Å². The first-order valence-corrected chi connectivity index (χ1v) is 5.13. The number of amides is 1. The van der Waals surface area contributed by atoms with Crippen LogP contribution >= 0.6 is 0 Å². The maximum absolute atomic E-state index is 11.8. The van der Waals surface area contributed by atoms with Gasteiger partial charge in [-0.15, -0.1) is 6.58 Å². The van der Waals surface area contributed by atoms with Crippen molar-refractivity contribution >= 4 is 5.91 Å². The Morgan fingerprint density at radius 3 is 2.40 bits per heavy atom. The summed E-state index contributed by atoms with van der Waals surface area (Å²) in [5, 5.41) is 2.93. The summed E-state index contributed by atoms with van der Waals surface area (Å²) in [4.78, 5) is 11.8. The van der Waals surface area contributed by atoms with Crippen LogP contribution in [-0.2, 0) is 0 Å². The fourth-order valence-electron chi connectivity index (χ4n) is 1.32. The summed E-state index contributed by atoms with van der Waals surface area (Å²) in [6, 6.07) is 9.23. The van der Waals surface area contributed by atoms with Crippen LogP contribution in [0.25, 0.3) is 0 Å². The summed E-state index contributed by atoms with van der Waals surface area (Å²) in [7, 11) is 0. The van der Waals surface area contributed by atoms with Gasteiger partial charge >= 0.3 is 0 Å². The lowest BCUT2D eigenvalue weighted by atomic mass is 10.0. The van der Waals surface area contributed by atoms with E-state index in [1.54, 1.807) is 18.2 Å². The molecule has 1 N–H and O–H groups in total. The Kier molecular flexibility index (Phi) is 4.10. The molecular weight excluding hydrogens is 186 g/mol. The zero-order chi connectivity index (χ0) is 11.3. The molecule has 0 bridgehead atoms. The minimum absolute atomic E-state index is 0.0257. The van der Waals surface area contributed by atoms with Crippen LogP contribution < -0.4 is 5.32 Å². The van der Waals surface area contributed by atoms with Crippen molar-refractivity contribution in [1.29, 1.82) is 0 Å². The Labute approximate surface area is 91.0 Å². The zero-order valence-corrected chi connectivity index (χ0v) is 9.23. The first-order chi connectivity index (χ1) is 7.15. The van der Waals surface area contributed by atoms with Crippen molar-refractivity contribution in [2.75, 3.05) is 0 Å². The SMILES string of the molecule is C=C[C@@H](NC(=O)c1ccccc1)C(C)C. The lowest BCUT2D eigenvalue weighted by molar-refractivity contribution is 0.0936. The van der Waals surface area contributed by atoms with Crippen molar-refractivity contribution in [2.45, 2.75) is 19.9 Å². The van der Waals surface area contributed by atoms with E-state index in [0.717, 1.165) is 0 Å². The number of hydrogen-bond acceptors (Lipinski definition) is 1. The summed E-state index contributed by atoms with van der Waals surface area (Å²) in [6.45, 7) is 7.82. The molecule has 2 heteroatoms. The Morgan fingerprint density at radius 1 is 1.33 bits per heavy atom. The van der Waals surface area contributed by atoms with E-state index in [1.165, 1.54) is 0 Å². The molecule has 1 rings (SSSR count). The third kappa shape index (κ3) is 3.24. The molecule has 1 aromatic rings. The molecule has 1 atom stereocenters. The molecule has 0 heterocycles. The van der Waals surface area contributed by atoms with E-state index in [-0.39, 0.29) is 11.9 Å². The van der Waals surface area contributed by atoms with Crippen LogP contribution in [0.1, 0.15) is 24.2 Å². The topological polar surface area (TPSA) is 29.1 Å². The van der Waals surface area contributed by atoms with Crippen molar-refractivity contribution in [2.24, 2.45) is 5.92 Å². The summed E-state index contributed by atoms with van der Waals surface area (Å²) < 4.78 is 0. The van der Waals surface area contributed by atoms with Crippen LogP contribution in [0, 0.1) is 5.92 Å². The monoisotopic (exact) mass is 203 g/mol. The third-order valence-corrected chi connectivity index (χ3v) is 2.31. The fraction of sp³-hybridized carbons (Fsp3) is 0.308. The van der Waals surface area contributed by atoms with Crippen molar-refractivity contribution in [3.63, 3.8) is 0 Å². The van der Waals surface area contributed by atoms with E-state index in [1.807, 2.05) is 18.2 Å². The Hall–Kier alpha value is -1.57. The molecule has 0 unspecified atom stereocenters. The molecule has 0 fully saturated rings. The molecule has 0 saturated heterocycles. The average molecular weight is 203 g/mol. The first-order valence-electron chi connectivity index (χ1n) is 5.13. The van der Waals surface area contributed by atoms with E-state index in [9.17, 15) is 4.79 Å². The Morgan fingerprint density at radius 2 is 1.93 bits per heavy atom. The summed E-state index contributed by atoms with van der Waals surface area (Å²) in [6.07, 6.45) is 1.77. The van der Waals surface area contributed by atoms with E-state index in [0.29, 0.717) is 11.5 Å². The van der Waals surface area contributed by atoms with Crippen molar-refractivity contribution in [3.05, 3.63) is 48.6 Å². The molecule has 1 amide bonds. The highest BCUT2D eigenvalue weighted by Gasteiger charge is 2.13. The average Bonchev–Trinajstić information content (AvgIpc) is 2.26. The van der Waals surface area contributed by atoms with Crippen molar-refractivity contribution in [1.82, 2.24) is 5.32 Å². The number of hydrogen-bond donors (Lipinski definition) is 1. The molecule has 80 valence electrons. The van der Waals surface area contributed by atoms with E-state index < -0.39 is 0 Å². The van der Waals surface area contributed by atoms with Crippen molar-refractivity contribution in [3.8, 4) is 0 Å². The Bertz CT molecular complexity index is 330. The molecule has 0 spiro atoms. The third-order valence-electron chi connectivity index (χ3n) is 2.31. The van der Waals surface area contributed by atoms with Gasteiger partial charge in [-0.1, -0.05) is 38.1 Å². The molecule has 1 aromatic carbocycles. The van der Waals surface area contributed by atoms with Crippen LogP contribution in [0.2, 0.25) is 0 Å². The van der Waals surface area contributed by atoms with Gasteiger partial charge in [-0.3, -0.25) is 4.79 Å². The first kappa shape index (κ1) is 11.5. The molecular formula is C13H17NO. The molecule has 15 heavy (non-hydrogen) atoms. The molecule has 2 nitrogen and oxygen atoms in total. The number of rotatable bonds is 4. The normalized spacial score (nSPS) is 12.2. The largest absolute Gasteiger partial charge is 0.346 e.